The number of carboxylic acid groups (broad SMARTS) is 1. The van der Waals surface area contributed by atoms with Gasteiger partial charge in [-0.05, 0) is 41.5 Å². The smallest absolute Gasteiger partial charge is 0.326 e. The van der Waals surface area contributed by atoms with Gasteiger partial charge in [-0.2, -0.15) is 0 Å². The Balaban J connectivity index is 2.14. The van der Waals surface area contributed by atoms with Crippen LogP contribution in [0.5, 0.6) is 23.0 Å². The lowest BCUT2D eigenvalue weighted by Crippen LogP contribution is -2.43. The van der Waals surface area contributed by atoms with E-state index < -0.39 is 17.9 Å². The molecule has 0 radical (unpaired) electrons. The Kier molecular flexibility index (Phi) is 5.92. The highest BCUT2D eigenvalue weighted by molar-refractivity contribution is 5.94. The largest absolute Gasteiger partial charge is 0.504 e. The highest BCUT2D eigenvalue weighted by Gasteiger charge is 2.26. The standard InChI is InChI=1S/C19H19NO7/c1-20(18(25)7-4-11-2-5-14(21)16(23)9-11)13(19(26)27)8-12-3-6-15(22)17(24)10-12/h2-7,9-10,13,21-24H,8H2,1H3,(H,26,27)/t13-/m0/s1. The molecule has 0 heterocycles. The first-order valence-electron chi connectivity index (χ1n) is 7.89. The number of nitrogens with zero attached hydrogens (tertiary/aromatic N) is 1. The number of carbonyl (C=O) groups is 2. The van der Waals surface area contributed by atoms with Gasteiger partial charge in [0.15, 0.2) is 23.0 Å². The summed E-state index contributed by atoms with van der Waals surface area (Å²) in [6.07, 6.45) is 2.46. The summed E-state index contributed by atoms with van der Waals surface area (Å²) in [5.41, 5.74) is 0.882. The van der Waals surface area contributed by atoms with Crippen molar-refractivity contribution in [2.45, 2.75) is 12.5 Å². The maximum Gasteiger partial charge on any atom is 0.326 e. The Hall–Kier alpha value is -3.68. The van der Waals surface area contributed by atoms with Crippen molar-refractivity contribution in [1.29, 1.82) is 0 Å². The average molecular weight is 373 g/mol. The van der Waals surface area contributed by atoms with Gasteiger partial charge >= 0.3 is 5.97 Å². The summed E-state index contributed by atoms with van der Waals surface area (Å²) in [6.45, 7) is 0. The first-order valence-corrected chi connectivity index (χ1v) is 7.89. The highest BCUT2D eigenvalue weighted by Crippen LogP contribution is 2.26. The predicted octanol–water partition coefficient (Wildman–Crippen LogP) is 1.68. The molecule has 0 aliphatic carbocycles. The van der Waals surface area contributed by atoms with Crippen molar-refractivity contribution in [3.05, 3.63) is 53.6 Å². The molecular weight excluding hydrogens is 354 g/mol. The van der Waals surface area contributed by atoms with Gasteiger partial charge in [-0.15, -0.1) is 0 Å². The molecule has 8 nitrogen and oxygen atoms in total. The molecule has 142 valence electrons. The summed E-state index contributed by atoms with van der Waals surface area (Å²) >= 11 is 0. The van der Waals surface area contributed by atoms with Gasteiger partial charge in [-0.25, -0.2) is 4.79 Å². The summed E-state index contributed by atoms with van der Waals surface area (Å²) in [5.74, 6) is -3.15. The second kappa shape index (κ2) is 8.13. The van der Waals surface area contributed by atoms with E-state index in [2.05, 4.69) is 0 Å². The molecular formula is C19H19NO7. The zero-order chi connectivity index (χ0) is 20.1. The normalized spacial score (nSPS) is 12.0. The molecule has 0 saturated heterocycles. The van der Waals surface area contributed by atoms with E-state index in [-0.39, 0.29) is 29.4 Å². The van der Waals surface area contributed by atoms with Crippen LogP contribution in [0.25, 0.3) is 6.08 Å². The van der Waals surface area contributed by atoms with Gasteiger partial charge in [-0.1, -0.05) is 12.1 Å². The molecule has 0 aromatic heterocycles. The van der Waals surface area contributed by atoms with E-state index in [1.807, 2.05) is 0 Å². The quantitative estimate of drug-likeness (QED) is 0.383. The lowest BCUT2D eigenvalue weighted by Gasteiger charge is -2.24. The molecule has 0 fully saturated rings. The number of likely N-dealkylation sites (N-methyl/N-ethyl adjacent to an activating group) is 1. The molecule has 0 spiro atoms. The minimum atomic E-state index is -1.23. The molecule has 0 aliphatic rings. The Bertz CT molecular complexity index is 892. The second-order valence-electron chi connectivity index (χ2n) is 5.91. The maximum atomic E-state index is 12.3. The number of benzene rings is 2. The van der Waals surface area contributed by atoms with Crippen molar-refractivity contribution < 1.29 is 35.1 Å². The Morgan fingerprint density at radius 2 is 1.56 bits per heavy atom. The van der Waals surface area contributed by atoms with Gasteiger partial charge < -0.3 is 30.4 Å². The van der Waals surface area contributed by atoms with Crippen LogP contribution in [0.4, 0.5) is 0 Å². The lowest BCUT2D eigenvalue weighted by atomic mass is 10.0. The summed E-state index contributed by atoms with van der Waals surface area (Å²) in [6, 6.07) is 6.74. The number of phenolic OH excluding ortho intramolecular Hbond substituents is 4. The van der Waals surface area contributed by atoms with E-state index >= 15 is 0 Å². The van der Waals surface area contributed by atoms with Crippen LogP contribution < -0.4 is 0 Å². The maximum absolute atomic E-state index is 12.3. The SMILES string of the molecule is CN(C(=O)C=Cc1ccc(O)c(O)c1)[C@@H](Cc1ccc(O)c(O)c1)C(=O)O. The molecule has 0 aliphatic heterocycles. The number of aromatic hydroxyl groups is 4. The van der Waals surface area contributed by atoms with E-state index in [1.165, 1.54) is 49.5 Å². The molecule has 0 saturated carbocycles. The van der Waals surface area contributed by atoms with Crippen molar-refractivity contribution in [2.75, 3.05) is 7.05 Å². The lowest BCUT2D eigenvalue weighted by molar-refractivity contribution is -0.147. The van der Waals surface area contributed by atoms with Crippen molar-refractivity contribution in [1.82, 2.24) is 4.90 Å². The van der Waals surface area contributed by atoms with Gasteiger partial charge in [0.25, 0.3) is 0 Å². The number of aliphatic carboxylic acids is 1. The molecule has 2 aromatic carbocycles. The summed E-state index contributed by atoms with van der Waals surface area (Å²) in [5, 5.41) is 47.0. The van der Waals surface area contributed by atoms with E-state index in [0.29, 0.717) is 11.1 Å². The van der Waals surface area contributed by atoms with Gasteiger partial charge in [0.2, 0.25) is 5.91 Å². The first kappa shape index (κ1) is 19.6. The molecule has 8 heteroatoms. The van der Waals surface area contributed by atoms with Crippen molar-refractivity contribution in [3.63, 3.8) is 0 Å². The van der Waals surface area contributed by atoms with Gasteiger partial charge in [0, 0.05) is 19.5 Å². The van der Waals surface area contributed by atoms with Crippen LogP contribution in [0.1, 0.15) is 11.1 Å². The average Bonchev–Trinajstić information content (AvgIpc) is 2.62. The van der Waals surface area contributed by atoms with Crippen LogP contribution >= 0.6 is 0 Å². The number of rotatable bonds is 6. The monoisotopic (exact) mass is 373 g/mol. The minimum absolute atomic E-state index is 0.0702. The predicted molar refractivity (Wildman–Crippen MR) is 96.5 cm³/mol. The zero-order valence-electron chi connectivity index (χ0n) is 14.4. The number of hydrogen-bond donors (Lipinski definition) is 5. The number of phenols is 4. The molecule has 1 atom stereocenters. The van der Waals surface area contributed by atoms with Crippen molar-refractivity contribution >= 4 is 18.0 Å². The van der Waals surface area contributed by atoms with Crippen LogP contribution in [-0.2, 0) is 16.0 Å². The number of amides is 1. The molecule has 2 rings (SSSR count). The molecule has 27 heavy (non-hydrogen) atoms. The van der Waals surface area contributed by atoms with Gasteiger partial charge in [-0.3, -0.25) is 4.79 Å². The molecule has 2 aromatic rings. The second-order valence-corrected chi connectivity index (χ2v) is 5.91. The van der Waals surface area contributed by atoms with Gasteiger partial charge in [0.05, 0.1) is 0 Å². The molecule has 5 N–H and O–H groups in total. The number of carboxylic acids is 1. The highest BCUT2D eigenvalue weighted by atomic mass is 16.4. The number of carbonyl (C=O) groups excluding carboxylic acids is 1. The zero-order valence-corrected chi connectivity index (χ0v) is 14.4. The fourth-order valence-electron chi connectivity index (χ4n) is 2.39. The van der Waals surface area contributed by atoms with E-state index in [0.717, 1.165) is 11.0 Å². The summed E-state index contributed by atoms with van der Waals surface area (Å²) in [7, 11) is 1.33. The fraction of sp³-hybridized carbons (Fsp3) is 0.158. The molecule has 0 bridgehead atoms. The van der Waals surface area contributed by atoms with Crippen LogP contribution in [0.3, 0.4) is 0 Å². The van der Waals surface area contributed by atoms with E-state index in [9.17, 15) is 35.1 Å². The topological polar surface area (TPSA) is 139 Å². The van der Waals surface area contributed by atoms with E-state index in [4.69, 9.17) is 0 Å². The minimum Gasteiger partial charge on any atom is -0.504 e. The molecule has 0 unspecified atom stereocenters. The third kappa shape index (κ3) is 4.91. The molecule has 1 amide bonds. The number of hydrogen-bond acceptors (Lipinski definition) is 6. The Morgan fingerprint density at radius 3 is 2.11 bits per heavy atom. The van der Waals surface area contributed by atoms with E-state index in [1.54, 1.807) is 0 Å². The van der Waals surface area contributed by atoms with Crippen LogP contribution in [0, 0.1) is 0 Å². The summed E-state index contributed by atoms with van der Waals surface area (Å²) < 4.78 is 0. The summed E-state index contributed by atoms with van der Waals surface area (Å²) in [4.78, 5) is 24.9. The third-order valence-electron chi connectivity index (χ3n) is 3.99. The van der Waals surface area contributed by atoms with Crippen LogP contribution in [0.2, 0.25) is 0 Å². The Labute approximate surface area is 154 Å². The van der Waals surface area contributed by atoms with Crippen LogP contribution in [0.15, 0.2) is 42.5 Å². The first-order chi connectivity index (χ1) is 12.7. The third-order valence-corrected chi connectivity index (χ3v) is 3.99. The Morgan fingerprint density at radius 1 is 0.963 bits per heavy atom. The van der Waals surface area contributed by atoms with Crippen LogP contribution in [-0.4, -0.2) is 55.4 Å². The van der Waals surface area contributed by atoms with Crippen molar-refractivity contribution in [3.8, 4) is 23.0 Å². The fourth-order valence-corrected chi connectivity index (χ4v) is 2.39. The van der Waals surface area contributed by atoms with Crippen molar-refractivity contribution in [2.24, 2.45) is 0 Å². The van der Waals surface area contributed by atoms with Gasteiger partial charge in [0.1, 0.15) is 6.04 Å².